The lowest BCUT2D eigenvalue weighted by Crippen LogP contribution is -2.65. The summed E-state index contributed by atoms with van der Waals surface area (Å²) in [5.41, 5.74) is 4.93. The Morgan fingerprint density at radius 2 is 1.77 bits per heavy atom. The van der Waals surface area contributed by atoms with E-state index in [-0.39, 0.29) is 28.4 Å². The van der Waals surface area contributed by atoms with Gasteiger partial charge in [0.05, 0.1) is 46.5 Å². The number of allylic oxidation sites excluding steroid dienone is 1. The van der Waals surface area contributed by atoms with Gasteiger partial charge < -0.3 is 34.5 Å². The Hall–Kier alpha value is -2.82. The zero-order chi connectivity index (χ0) is 37.6. The van der Waals surface area contributed by atoms with Crippen molar-refractivity contribution in [2.45, 2.75) is 148 Å². The molecule has 3 fully saturated rings. The Bertz CT molecular complexity index is 2060. The number of carbonyl (C=O) groups is 2. The maximum atomic E-state index is 14.9. The van der Waals surface area contributed by atoms with Crippen LogP contribution in [0.25, 0.3) is 16.5 Å². The number of carboxylic acid groups (broad SMARTS) is 1. The van der Waals surface area contributed by atoms with E-state index in [4.69, 9.17) is 9.47 Å². The summed E-state index contributed by atoms with van der Waals surface area (Å²) in [5, 5.41) is 46.4. The number of fused-ring (bicyclic) bond motifs is 13. The number of aliphatic carboxylic acids is 1. The number of hydrogen-bond acceptors (Lipinski definition) is 7. The molecule has 0 amide bonds. The van der Waals surface area contributed by atoms with Gasteiger partial charge in [-0.2, -0.15) is 0 Å². The number of carbonyl (C=O) groups excluding carboxylic acids is 1. The molecule has 9 nitrogen and oxygen atoms in total. The number of benzene rings is 1. The molecule has 0 radical (unpaired) electrons. The van der Waals surface area contributed by atoms with Crippen LogP contribution >= 0.6 is 0 Å². The Kier molecular flexibility index (Phi) is 6.76. The van der Waals surface area contributed by atoms with Gasteiger partial charge in [-0.25, -0.2) is 0 Å². The highest BCUT2D eigenvalue weighted by molar-refractivity contribution is 6.18. The van der Waals surface area contributed by atoms with Crippen LogP contribution in [0.15, 0.2) is 24.3 Å². The maximum Gasteiger partial charge on any atom is 0.308 e. The summed E-state index contributed by atoms with van der Waals surface area (Å²) in [7, 11) is 0. The predicted molar refractivity (Wildman–Crippen MR) is 196 cm³/mol. The van der Waals surface area contributed by atoms with Gasteiger partial charge in [-0.15, -0.1) is 0 Å². The minimum absolute atomic E-state index is 0.00783. The summed E-state index contributed by atoms with van der Waals surface area (Å²) in [6, 6.07) is 1.69. The van der Waals surface area contributed by atoms with E-state index in [9.17, 15) is 30.0 Å². The molecular formula is C43H55NO8. The fourth-order valence-corrected chi connectivity index (χ4v) is 13.8. The van der Waals surface area contributed by atoms with Crippen LogP contribution in [-0.2, 0) is 26.1 Å². The first-order valence-electron chi connectivity index (χ1n) is 19.4. The highest BCUT2D eigenvalue weighted by atomic mass is 16.6. The van der Waals surface area contributed by atoms with Gasteiger partial charge in [-0.3, -0.25) is 9.59 Å². The van der Waals surface area contributed by atoms with Crippen LogP contribution in [0.5, 0.6) is 0 Å². The van der Waals surface area contributed by atoms with E-state index >= 15 is 0 Å². The topological polar surface area (TPSA) is 138 Å². The number of ketones is 1. The third kappa shape index (κ3) is 3.83. The summed E-state index contributed by atoms with van der Waals surface area (Å²) >= 11 is 0. The molecule has 9 rings (SSSR count). The molecule has 2 saturated carbocycles. The Morgan fingerprint density at radius 1 is 1.08 bits per heavy atom. The van der Waals surface area contributed by atoms with Gasteiger partial charge in [0.15, 0.2) is 11.6 Å². The van der Waals surface area contributed by atoms with E-state index in [1.165, 1.54) is 18.2 Å². The SMILES string of the molecule is C=C(C)[C@H]1C(=O)c2c3c(cc4c5c(n1c24)[C@@]1(C)[C@@H](CC[C@@H]2[C@]1(C)CC[C@]1(O)O[C@H](C(O)C(C)C(=O)O)C[C@@]21C)C5)C1=CC(C)(C)OC(C)(C)[C@H]1[C@@H]3O. The van der Waals surface area contributed by atoms with Crippen molar-refractivity contribution in [3.8, 4) is 0 Å². The van der Waals surface area contributed by atoms with E-state index in [2.05, 4.69) is 57.9 Å². The normalized spacial score (nSPS) is 42.8. The molecule has 9 heteroatoms. The number of aliphatic hydroxyl groups excluding tert-OH is 2. The van der Waals surface area contributed by atoms with Gasteiger partial charge in [-0.05, 0) is 120 Å². The van der Waals surface area contributed by atoms with Crippen LogP contribution in [0.4, 0.5) is 0 Å². The smallest absolute Gasteiger partial charge is 0.308 e. The van der Waals surface area contributed by atoms with Crippen molar-refractivity contribution in [3.63, 3.8) is 0 Å². The van der Waals surface area contributed by atoms with Gasteiger partial charge in [0.1, 0.15) is 6.04 Å². The number of Topliss-reactive ketones (excluding diaryl/α,β-unsaturated/α-hetero) is 1. The molecule has 0 spiro atoms. The summed E-state index contributed by atoms with van der Waals surface area (Å²) in [4.78, 5) is 26.7. The maximum absolute atomic E-state index is 14.9. The van der Waals surface area contributed by atoms with Crippen LogP contribution in [0.2, 0.25) is 0 Å². The number of ether oxygens (including phenoxy) is 2. The summed E-state index contributed by atoms with van der Waals surface area (Å²) in [5.74, 6) is -3.58. The van der Waals surface area contributed by atoms with Gasteiger partial charge in [0, 0.05) is 39.8 Å². The number of nitrogens with zero attached hydrogens (tertiary/aromatic N) is 1. The van der Waals surface area contributed by atoms with Gasteiger partial charge in [-0.1, -0.05) is 32.9 Å². The van der Waals surface area contributed by atoms with E-state index in [1.807, 2.05) is 20.8 Å². The molecule has 52 heavy (non-hydrogen) atoms. The fourth-order valence-electron chi connectivity index (χ4n) is 13.8. The second-order valence-electron chi connectivity index (χ2n) is 19.6. The molecular weight excluding hydrogens is 658 g/mol. The van der Waals surface area contributed by atoms with Crippen LogP contribution < -0.4 is 0 Å². The molecule has 7 aliphatic rings. The standard InChI is InChI=1S/C43H55NO8/c1-19(2)31-35(47)29-28-22(25-17-38(4,5)52-39(6,7)30(25)34(28)46)16-23-24-15-21-11-12-27-40(8,42(21,10)36(24)44(31)32(23)29)13-14-43(50)41(27,9)18-26(51-43)33(45)20(3)37(48)49/h16-17,20-21,26-27,30-31,33-34,45-46,50H,1,11-15,18H2,2-10H3,(H,48,49)/t20?,21-,26-,27+,30+,31-,33?,34+,40-,41-,42+,43-/m0/s1. The third-order valence-electron chi connectivity index (χ3n) is 16.1. The molecule has 1 saturated heterocycles. The first kappa shape index (κ1) is 34.9. The predicted octanol–water partition coefficient (Wildman–Crippen LogP) is 6.79. The Labute approximate surface area is 306 Å². The van der Waals surface area contributed by atoms with Gasteiger partial charge in [0.25, 0.3) is 0 Å². The minimum Gasteiger partial charge on any atom is -0.481 e. The molecule has 280 valence electrons. The summed E-state index contributed by atoms with van der Waals surface area (Å²) in [6.07, 6.45) is 3.35. The Morgan fingerprint density at radius 3 is 2.42 bits per heavy atom. The number of carboxylic acids is 1. The van der Waals surface area contributed by atoms with E-state index < -0.39 is 58.6 Å². The number of hydrogen-bond donors (Lipinski definition) is 4. The lowest BCUT2D eigenvalue weighted by molar-refractivity contribution is -0.301. The molecule has 3 aliphatic heterocycles. The van der Waals surface area contributed by atoms with E-state index in [0.717, 1.165) is 52.4 Å². The van der Waals surface area contributed by atoms with Crippen LogP contribution in [0, 0.1) is 34.5 Å². The van der Waals surface area contributed by atoms with E-state index in [0.29, 0.717) is 30.7 Å². The lowest BCUT2D eigenvalue weighted by atomic mass is 9.40. The first-order valence-corrected chi connectivity index (χ1v) is 19.4. The van der Waals surface area contributed by atoms with E-state index in [1.54, 1.807) is 0 Å². The van der Waals surface area contributed by atoms with Crippen molar-refractivity contribution in [1.82, 2.24) is 4.57 Å². The molecule has 2 aromatic rings. The molecule has 12 atom stereocenters. The van der Waals surface area contributed by atoms with Gasteiger partial charge in [0.2, 0.25) is 0 Å². The zero-order valence-corrected chi connectivity index (χ0v) is 32.1. The molecule has 2 unspecified atom stereocenters. The van der Waals surface area contributed by atoms with Crippen molar-refractivity contribution in [3.05, 3.63) is 52.2 Å². The van der Waals surface area contributed by atoms with Crippen molar-refractivity contribution >= 4 is 28.2 Å². The zero-order valence-electron chi connectivity index (χ0n) is 32.1. The molecule has 4 heterocycles. The van der Waals surface area contributed by atoms with Crippen LogP contribution in [0.1, 0.15) is 139 Å². The van der Waals surface area contributed by atoms with Gasteiger partial charge >= 0.3 is 5.97 Å². The summed E-state index contributed by atoms with van der Waals surface area (Å²) < 4.78 is 15.2. The highest BCUT2D eigenvalue weighted by Crippen LogP contribution is 2.74. The molecule has 0 bridgehead atoms. The average Bonchev–Trinajstić information content (AvgIpc) is 3.77. The third-order valence-corrected chi connectivity index (χ3v) is 16.1. The average molecular weight is 714 g/mol. The van der Waals surface area contributed by atoms with Crippen molar-refractivity contribution < 1.29 is 39.5 Å². The fraction of sp³-hybridized carbons (Fsp3) is 0.674. The van der Waals surface area contributed by atoms with Crippen LogP contribution in [-0.4, -0.2) is 65.9 Å². The Balaban J connectivity index is 1.24. The monoisotopic (exact) mass is 713 g/mol. The minimum atomic E-state index is -1.48. The summed E-state index contributed by atoms with van der Waals surface area (Å²) in [6.45, 7) is 22.8. The second kappa shape index (κ2) is 10.1. The van der Waals surface area contributed by atoms with Crippen LogP contribution in [0.3, 0.4) is 0 Å². The quantitative estimate of drug-likeness (QED) is 0.254. The number of aromatic nitrogens is 1. The lowest BCUT2D eigenvalue weighted by Gasteiger charge is -2.65. The second-order valence-corrected chi connectivity index (χ2v) is 19.6. The number of rotatable bonds is 4. The van der Waals surface area contributed by atoms with Crippen molar-refractivity contribution in [2.24, 2.45) is 34.5 Å². The van der Waals surface area contributed by atoms with Crippen molar-refractivity contribution in [1.29, 1.82) is 0 Å². The molecule has 1 aromatic heterocycles. The molecule has 4 aliphatic carbocycles. The molecule has 4 N–H and O–H groups in total. The first-order chi connectivity index (χ1) is 24.0. The largest absolute Gasteiger partial charge is 0.481 e. The van der Waals surface area contributed by atoms with Crippen molar-refractivity contribution in [2.75, 3.05) is 0 Å². The molecule has 1 aromatic carbocycles. The highest BCUT2D eigenvalue weighted by Gasteiger charge is 2.74. The number of aliphatic hydroxyl groups is 3.